The smallest absolute Gasteiger partial charge is 0.221 e. The molecule has 2 rings (SSSR count). The SMILES string of the molecule is CCN(CCNC(=O)CC1CSCCN1)c1ccccc1C.Cl.Cl. The lowest BCUT2D eigenvalue weighted by Gasteiger charge is -2.26. The highest BCUT2D eigenvalue weighted by molar-refractivity contribution is 7.99. The first-order valence-corrected chi connectivity index (χ1v) is 9.24. The lowest BCUT2D eigenvalue weighted by Crippen LogP contribution is -2.42. The molecule has 1 amide bonds. The van der Waals surface area contributed by atoms with Gasteiger partial charge in [-0.1, -0.05) is 18.2 Å². The molecule has 24 heavy (non-hydrogen) atoms. The van der Waals surface area contributed by atoms with Crippen LogP contribution < -0.4 is 15.5 Å². The molecular formula is C17H29Cl2N3OS. The summed E-state index contributed by atoms with van der Waals surface area (Å²) in [5.74, 6) is 2.35. The molecule has 0 radical (unpaired) electrons. The normalized spacial score (nSPS) is 16.5. The van der Waals surface area contributed by atoms with Gasteiger partial charge in [0.25, 0.3) is 0 Å². The van der Waals surface area contributed by atoms with Crippen molar-refractivity contribution >= 4 is 48.2 Å². The molecule has 2 N–H and O–H groups in total. The van der Waals surface area contributed by atoms with Gasteiger partial charge in [0.15, 0.2) is 0 Å². The molecule has 0 aliphatic carbocycles. The van der Waals surface area contributed by atoms with Crippen LogP contribution in [0.4, 0.5) is 5.69 Å². The molecule has 4 nitrogen and oxygen atoms in total. The predicted molar refractivity (Wildman–Crippen MR) is 110 cm³/mol. The quantitative estimate of drug-likeness (QED) is 0.747. The molecule has 138 valence electrons. The van der Waals surface area contributed by atoms with E-state index in [0.29, 0.717) is 19.0 Å². The zero-order chi connectivity index (χ0) is 15.8. The summed E-state index contributed by atoms with van der Waals surface area (Å²) in [4.78, 5) is 14.3. The highest BCUT2D eigenvalue weighted by atomic mass is 35.5. The lowest BCUT2D eigenvalue weighted by molar-refractivity contribution is -0.121. The number of nitrogens with zero attached hydrogens (tertiary/aromatic N) is 1. The average molecular weight is 394 g/mol. The second-order valence-corrected chi connectivity index (χ2v) is 6.80. The Hall–Kier alpha value is -0.620. The summed E-state index contributed by atoms with van der Waals surface area (Å²) in [6.07, 6.45) is 0.587. The summed E-state index contributed by atoms with van der Waals surface area (Å²) >= 11 is 1.93. The van der Waals surface area contributed by atoms with Crippen LogP contribution in [0.15, 0.2) is 24.3 Å². The van der Waals surface area contributed by atoms with Gasteiger partial charge in [-0.05, 0) is 25.5 Å². The molecule has 1 aliphatic heterocycles. The predicted octanol–water partition coefficient (Wildman–Crippen LogP) is 2.88. The van der Waals surface area contributed by atoms with E-state index in [1.165, 1.54) is 11.3 Å². The average Bonchev–Trinajstić information content (AvgIpc) is 2.53. The Morgan fingerprint density at radius 3 is 2.75 bits per heavy atom. The molecule has 1 aliphatic rings. The highest BCUT2D eigenvalue weighted by Gasteiger charge is 2.16. The van der Waals surface area contributed by atoms with Crippen LogP contribution in [0, 0.1) is 6.92 Å². The number of para-hydroxylation sites is 1. The van der Waals surface area contributed by atoms with Crippen molar-refractivity contribution in [1.29, 1.82) is 0 Å². The first kappa shape index (κ1) is 23.4. The minimum absolute atomic E-state index is 0. The highest BCUT2D eigenvalue weighted by Crippen LogP contribution is 2.18. The Labute approximate surface area is 162 Å². The molecule has 0 spiro atoms. The second-order valence-electron chi connectivity index (χ2n) is 5.65. The van der Waals surface area contributed by atoms with Crippen molar-refractivity contribution < 1.29 is 4.79 Å². The summed E-state index contributed by atoms with van der Waals surface area (Å²) in [6.45, 7) is 7.78. The first-order valence-electron chi connectivity index (χ1n) is 8.09. The van der Waals surface area contributed by atoms with E-state index in [4.69, 9.17) is 0 Å². The van der Waals surface area contributed by atoms with Gasteiger partial charge in [0.05, 0.1) is 0 Å². The fraction of sp³-hybridized carbons (Fsp3) is 0.588. The topological polar surface area (TPSA) is 44.4 Å². The van der Waals surface area contributed by atoms with Crippen LogP contribution in [0.5, 0.6) is 0 Å². The molecular weight excluding hydrogens is 365 g/mol. The van der Waals surface area contributed by atoms with E-state index in [2.05, 4.69) is 53.6 Å². The van der Waals surface area contributed by atoms with E-state index < -0.39 is 0 Å². The molecule has 1 unspecified atom stereocenters. The minimum Gasteiger partial charge on any atom is -0.370 e. The fourth-order valence-electron chi connectivity index (χ4n) is 2.74. The third-order valence-electron chi connectivity index (χ3n) is 3.97. The van der Waals surface area contributed by atoms with Gasteiger partial charge >= 0.3 is 0 Å². The third-order valence-corrected chi connectivity index (χ3v) is 5.10. The maximum atomic E-state index is 12.0. The third kappa shape index (κ3) is 7.51. The van der Waals surface area contributed by atoms with E-state index in [9.17, 15) is 4.79 Å². The molecule has 1 heterocycles. The van der Waals surface area contributed by atoms with E-state index >= 15 is 0 Å². The zero-order valence-corrected chi connectivity index (χ0v) is 16.9. The van der Waals surface area contributed by atoms with Gasteiger partial charge in [-0.3, -0.25) is 4.79 Å². The van der Waals surface area contributed by atoms with E-state index in [-0.39, 0.29) is 30.7 Å². The van der Waals surface area contributed by atoms with Crippen LogP contribution >= 0.6 is 36.6 Å². The summed E-state index contributed by atoms with van der Waals surface area (Å²) in [5.41, 5.74) is 2.53. The van der Waals surface area contributed by atoms with Crippen LogP contribution in [0.3, 0.4) is 0 Å². The lowest BCUT2D eigenvalue weighted by atomic mass is 10.2. The summed E-state index contributed by atoms with van der Waals surface area (Å²) in [7, 11) is 0. The Kier molecular flexibility index (Phi) is 12.4. The Morgan fingerprint density at radius 1 is 1.38 bits per heavy atom. The molecule has 0 aromatic heterocycles. The summed E-state index contributed by atoms with van der Waals surface area (Å²) in [6, 6.07) is 8.73. The molecule has 1 atom stereocenters. The molecule has 1 fully saturated rings. The van der Waals surface area contributed by atoms with Gasteiger partial charge < -0.3 is 15.5 Å². The van der Waals surface area contributed by atoms with Gasteiger partial charge in [-0.15, -0.1) is 24.8 Å². The summed E-state index contributed by atoms with van der Waals surface area (Å²) in [5, 5.41) is 6.46. The van der Waals surface area contributed by atoms with E-state index in [0.717, 1.165) is 31.1 Å². The number of aryl methyl sites for hydroxylation is 1. The number of hydrogen-bond acceptors (Lipinski definition) is 4. The number of halogens is 2. The zero-order valence-electron chi connectivity index (χ0n) is 14.4. The molecule has 0 saturated carbocycles. The number of amides is 1. The Bertz CT molecular complexity index is 485. The number of hydrogen-bond donors (Lipinski definition) is 2. The fourth-order valence-corrected chi connectivity index (χ4v) is 3.69. The van der Waals surface area contributed by atoms with Crippen molar-refractivity contribution in [2.24, 2.45) is 0 Å². The van der Waals surface area contributed by atoms with Crippen LogP contribution in [0.25, 0.3) is 0 Å². The molecule has 1 aromatic carbocycles. The number of anilines is 1. The minimum atomic E-state index is 0. The van der Waals surface area contributed by atoms with Gasteiger partial charge in [0.1, 0.15) is 0 Å². The van der Waals surface area contributed by atoms with Crippen molar-refractivity contribution in [2.45, 2.75) is 26.3 Å². The molecule has 1 aromatic rings. The Balaban J connectivity index is 0.00000264. The first-order chi connectivity index (χ1) is 10.7. The number of benzene rings is 1. The second kappa shape index (κ2) is 12.7. The van der Waals surface area contributed by atoms with Crippen LogP contribution in [-0.4, -0.2) is 49.6 Å². The van der Waals surface area contributed by atoms with Crippen LogP contribution in [0.2, 0.25) is 0 Å². The molecule has 7 heteroatoms. The number of carbonyl (C=O) groups is 1. The van der Waals surface area contributed by atoms with Gasteiger partial charge in [0, 0.05) is 55.8 Å². The van der Waals surface area contributed by atoms with Crippen LogP contribution in [-0.2, 0) is 4.79 Å². The maximum absolute atomic E-state index is 12.0. The van der Waals surface area contributed by atoms with Gasteiger partial charge in [0.2, 0.25) is 5.91 Å². The van der Waals surface area contributed by atoms with Gasteiger partial charge in [-0.2, -0.15) is 11.8 Å². The van der Waals surface area contributed by atoms with Gasteiger partial charge in [-0.25, -0.2) is 0 Å². The molecule has 0 bridgehead atoms. The van der Waals surface area contributed by atoms with E-state index in [1.807, 2.05) is 11.8 Å². The molecule has 1 saturated heterocycles. The summed E-state index contributed by atoms with van der Waals surface area (Å²) < 4.78 is 0. The van der Waals surface area contributed by atoms with E-state index in [1.54, 1.807) is 0 Å². The number of thioether (sulfide) groups is 1. The number of likely N-dealkylation sites (N-methyl/N-ethyl adjacent to an activating group) is 1. The maximum Gasteiger partial charge on any atom is 0.221 e. The standard InChI is InChI=1S/C17H27N3OS.2ClH/c1-3-20(16-7-5-4-6-14(16)2)10-8-19-17(21)12-15-13-22-11-9-18-15;;/h4-7,15,18H,3,8-13H2,1-2H3,(H,19,21);2*1H. The number of carbonyl (C=O) groups excluding carboxylic acids is 1. The monoisotopic (exact) mass is 393 g/mol. The largest absolute Gasteiger partial charge is 0.370 e. The van der Waals surface area contributed by atoms with Crippen molar-refractivity contribution in [3.05, 3.63) is 29.8 Å². The number of rotatable bonds is 7. The van der Waals surface area contributed by atoms with Crippen LogP contribution in [0.1, 0.15) is 18.9 Å². The Morgan fingerprint density at radius 2 is 2.12 bits per heavy atom. The number of nitrogens with one attached hydrogen (secondary N) is 2. The van der Waals surface area contributed by atoms with Crippen molar-refractivity contribution in [3.63, 3.8) is 0 Å². The van der Waals surface area contributed by atoms with Crippen molar-refractivity contribution in [2.75, 3.05) is 42.6 Å². The van der Waals surface area contributed by atoms with Crippen molar-refractivity contribution in [1.82, 2.24) is 10.6 Å². The van der Waals surface area contributed by atoms with Crippen molar-refractivity contribution in [3.8, 4) is 0 Å².